The Morgan fingerprint density at radius 2 is 2.08 bits per heavy atom. The van der Waals surface area contributed by atoms with Gasteiger partial charge in [0.05, 0.1) is 5.75 Å². The van der Waals surface area contributed by atoms with Crippen molar-refractivity contribution in [2.75, 3.05) is 5.75 Å². The number of rotatable bonds is 0. The lowest BCUT2D eigenvalue weighted by atomic mass is 10.3. The molecule has 0 amide bonds. The second-order valence-corrected chi connectivity index (χ2v) is 5.21. The van der Waals surface area contributed by atoms with E-state index in [9.17, 15) is 0 Å². The Balaban J connectivity index is 0.000000653. The van der Waals surface area contributed by atoms with E-state index >= 15 is 0 Å². The second-order valence-electron chi connectivity index (χ2n) is 2.84. The molecule has 68 valence electrons. The molecule has 13 heavy (non-hydrogen) atoms. The van der Waals surface area contributed by atoms with Gasteiger partial charge in [0.25, 0.3) is 4.34 Å². The summed E-state index contributed by atoms with van der Waals surface area (Å²) in [5.74, 6) is 1.25. The van der Waals surface area contributed by atoms with Crippen molar-refractivity contribution < 1.29 is 4.57 Å². The molecule has 1 nitrogen and oxygen atoms in total. The average Bonchev–Trinajstić information content (AvgIpc) is 2.62. The molecule has 0 radical (unpaired) electrons. The highest BCUT2D eigenvalue weighted by molar-refractivity contribution is 8.01. The molecule has 2 aromatic rings. The van der Waals surface area contributed by atoms with E-state index in [1.165, 1.54) is 26.9 Å². The Hall–Kier alpha value is -0.250. The molecule has 2 heterocycles. The third kappa shape index (κ3) is 1.35. The monoisotopic (exact) mass is 230 g/mol. The van der Waals surface area contributed by atoms with Gasteiger partial charge in [0, 0.05) is 6.07 Å². The highest BCUT2D eigenvalue weighted by atomic mass is 35.5. The Morgan fingerprint density at radius 1 is 1.23 bits per heavy atom. The summed E-state index contributed by atoms with van der Waals surface area (Å²) in [6.45, 7) is 1.18. The maximum Gasteiger partial charge on any atom is 0.298 e. The molecule has 0 N–H and O–H groups in total. The van der Waals surface area contributed by atoms with Crippen LogP contribution in [0.5, 0.6) is 0 Å². The molecular weight excluding hydrogens is 222 g/mol. The molecule has 1 aliphatic heterocycles. The molecule has 0 saturated heterocycles. The Morgan fingerprint density at radius 3 is 3.00 bits per heavy atom. The molecule has 0 fully saturated rings. The summed E-state index contributed by atoms with van der Waals surface area (Å²) in [7, 11) is 0. The molecule has 1 aliphatic rings. The molecule has 0 unspecified atom stereocenters. The van der Waals surface area contributed by atoms with Gasteiger partial charge in [-0.05, 0) is 17.8 Å². The summed E-state index contributed by atoms with van der Waals surface area (Å²) < 4.78 is 5.31. The molecule has 0 spiro atoms. The van der Waals surface area contributed by atoms with Gasteiger partial charge in [-0.25, -0.2) is 0 Å². The summed E-state index contributed by atoms with van der Waals surface area (Å²) in [4.78, 5) is 0. The molecule has 0 aliphatic carbocycles. The van der Waals surface area contributed by atoms with E-state index in [-0.39, 0.29) is 12.4 Å². The lowest BCUT2D eigenvalue weighted by molar-refractivity contribution is -0.692. The van der Waals surface area contributed by atoms with Crippen molar-refractivity contribution in [1.29, 1.82) is 0 Å². The third-order valence-electron chi connectivity index (χ3n) is 2.11. The van der Waals surface area contributed by atoms with E-state index in [0.717, 1.165) is 0 Å². The number of hydrogen-bond acceptors (Lipinski definition) is 2. The number of thiazole rings is 1. The van der Waals surface area contributed by atoms with Gasteiger partial charge in [-0.3, -0.25) is 0 Å². The van der Waals surface area contributed by atoms with Crippen LogP contribution in [0.15, 0.2) is 28.6 Å². The number of thioether (sulfide) groups is 1. The Kier molecular flexibility index (Phi) is 2.49. The molecule has 0 atom stereocenters. The fourth-order valence-corrected chi connectivity index (χ4v) is 4.02. The molecular formula is C9H9ClNS2+. The zero-order valence-corrected chi connectivity index (χ0v) is 9.35. The van der Waals surface area contributed by atoms with Gasteiger partial charge in [-0.15, -0.1) is 12.4 Å². The zero-order valence-electron chi connectivity index (χ0n) is 6.90. The predicted octanol–water partition coefficient (Wildman–Crippen LogP) is 2.72. The topological polar surface area (TPSA) is 3.88 Å². The van der Waals surface area contributed by atoms with Crippen LogP contribution in [0.25, 0.3) is 10.2 Å². The summed E-state index contributed by atoms with van der Waals surface area (Å²) in [6.07, 6.45) is 0. The van der Waals surface area contributed by atoms with Crippen LogP contribution in [0.4, 0.5) is 0 Å². The van der Waals surface area contributed by atoms with Crippen molar-refractivity contribution in [3.8, 4) is 0 Å². The SMILES string of the molecule is Cl.c1ccc2c(c1)sc1[n+]2CCS1. The number of fused-ring (bicyclic) bond motifs is 3. The van der Waals surface area contributed by atoms with Crippen LogP contribution in [0.3, 0.4) is 0 Å². The summed E-state index contributed by atoms with van der Waals surface area (Å²) in [6, 6.07) is 8.64. The van der Waals surface area contributed by atoms with Gasteiger partial charge in [0.2, 0.25) is 5.52 Å². The highest BCUT2D eigenvalue weighted by Crippen LogP contribution is 2.31. The van der Waals surface area contributed by atoms with Crippen molar-refractivity contribution in [2.24, 2.45) is 0 Å². The van der Waals surface area contributed by atoms with E-state index in [0.29, 0.717) is 0 Å². The molecule has 1 aromatic carbocycles. The quantitative estimate of drug-likeness (QED) is 0.630. The zero-order chi connectivity index (χ0) is 7.97. The van der Waals surface area contributed by atoms with Gasteiger partial charge in [0.1, 0.15) is 4.70 Å². The first-order valence-corrected chi connectivity index (χ1v) is 5.79. The van der Waals surface area contributed by atoms with Crippen LogP contribution >= 0.6 is 35.5 Å². The van der Waals surface area contributed by atoms with Crippen molar-refractivity contribution >= 4 is 45.7 Å². The predicted molar refractivity (Wildman–Crippen MR) is 60.0 cm³/mol. The van der Waals surface area contributed by atoms with Gasteiger partial charge in [0.15, 0.2) is 6.54 Å². The van der Waals surface area contributed by atoms with Crippen LogP contribution in [-0.4, -0.2) is 5.75 Å². The normalized spacial score (nSPS) is 14.2. The van der Waals surface area contributed by atoms with Crippen molar-refractivity contribution in [3.63, 3.8) is 0 Å². The lowest BCUT2D eigenvalue weighted by Crippen LogP contribution is -2.30. The Bertz CT molecular complexity index is 438. The molecule has 1 aromatic heterocycles. The number of hydrogen-bond donors (Lipinski definition) is 0. The van der Waals surface area contributed by atoms with Crippen LogP contribution in [0.2, 0.25) is 0 Å². The summed E-state index contributed by atoms with van der Waals surface area (Å²) in [5, 5.41) is 0. The Labute approximate surface area is 91.2 Å². The maximum absolute atomic E-state index is 2.42. The van der Waals surface area contributed by atoms with Gasteiger partial charge >= 0.3 is 0 Å². The fourth-order valence-electron chi connectivity index (χ4n) is 1.56. The molecule has 3 rings (SSSR count). The van der Waals surface area contributed by atoms with E-state index in [1.807, 2.05) is 23.1 Å². The number of benzene rings is 1. The summed E-state index contributed by atoms with van der Waals surface area (Å²) >= 11 is 3.89. The minimum atomic E-state index is 0. The minimum Gasteiger partial charge on any atom is -0.175 e. The van der Waals surface area contributed by atoms with Crippen LogP contribution in [0, 0.1) is 0 Å². The number of para-hydroxylation sites is 1. The number of halogens is 1. The van der Waals surface area contributed by atoms with E-state index < -0.39 is 0 Å². The first kappa shape index (κ1) is 9.31. The smallest absolute Gasteiger partial charge is 0.175 e. The second kappa shape index (κ2) is 3.48. The average molecular weight is 231 g/mol. The van der Waals surface area contributed by atoms with Crippen molar-refractivity contribution in [2.45, 2.75) is 10.9 Å². The van der Waals surface area contributed by atoms with Crippen LogP contribution < -0.4 is 4.57 Å². The first-order chi connectivity index (χ1) is 5.95. The third-order valence-corrected chi connectivity index (χ3v) is 4.53. The van der Waals surface area contributed by atoms with Gasteiger partial charge in [-0.2, -0.15) is 4.57 Å². The van der Waals surface area contributed by atoms with E-state index in [2.05, 4.69) is 28.8 Å². The van der Waals surface area contributed by atoms with Gasteiger partial charge < -0.3 is 0 Å². The molecule has 4 heteroatoms. The minimum absolute atomic E-state index is 0. The molecule has 0 saturated carbocycles. The largest absolute Gasteiger partial charge is 0.298 e. The van der Waals surface area contributed by atoms with E-state index in [4.69, 9.17) is 0 Å². The number of aryl methyl sites for hydroxylation is 1. The fraction of sp³-hybridized carbons (Fsp3) is 0.222. The maximum atomic E-state index is 2.42. The van der Waals surface area contributed by atoms with Crippen LogP contribution in [-0.2, 0) is 6.54 Å². The standard InChI is InChI=1S/C9H8NS2.ClH/c1-2-4-8-7(3-1)10-5-6-11-9(10)12-8;/h1-4H,5-6H2;1H/q+1;. The molecule has 0 bridgehead atoms. The highest BCUT2D eigenvalue weighted by Gasteiger charge is 2.25. The van der Waals surface area contributed by atoms with Crippen LogP contribution in [0.1, 0.15) is 0 Å². The van der Waals surface area contributed by atoms with E-state index in [1.54, 1.807) is 0 Å². The van der Waals surface area contributed by atoms with Gasteiger partial charge in [-0.1, -0.05) is 23.5 Å². The summed E-state index contributed by atoms with van der Waals surface area (Å²) in [5.41, 5.74) is 1.41. The first-order valence-electron chi connectivity index (χ1n) is 3.99. The number of nitrogens with zero attached hydrogens (tertiary/aromatic N) is 1. The lowest BCUT2D eigenvalue weighted by Gasteiger charge is -1.84. The number of aromatic nitrogens is 1. The van der Waals surface area contributed by atoms with Crippen molar-refractivity contribution in [3.05, 3.63) is 24.3 Å². The van der Waals surface area contributed by atoms with Crippen molar-refractivity contribution in [1.82, 2.24) is 0 Å².